The van der Waals surface area contributed by atoms with Crippen molar-refractivity contribution in [3.63, 3.8) is 0 Å². The van der Waals surface area contributed by atoms with Crippen molar-refractivity contribution in [2.45, 2.75) is 18.9 Å². The predicted octanol–water partition coefficient (Wildman–Crippen LogP) is 1.12. The Bertz CT molecular complexity index is 163. The Morgan fingerprint density at radius 1 is 1.27 bits per heavy atom. The molecule has 64 valence electrons. The van der Waals surface area contributed by atoms with E-state index in [0.717, 1.165) is 13.1 Å². The number of halogens is 1. The highest BCUT2D eigenvalue weighted by Gasteiger charge is 2.26. The Morgan fingerprint density at radius 2 is 1.82 bits per heavy atom. The van der Waals surface area contributed by atoms with E-state index in [0.29, 0.717) is 6.10 Å². The standard InChI is InChI=1S/C8H13NO.ClH/c1-10-8-2-6-4-9-5-7(6)3-8;/h8-9H,2-5H2,1H3;1H. The van der Waals surface area contributed by atoms with E-state index in [1.807, 2.05) is 0 Å². The second kappa shape index (κ2) is 3.57. The molecule has 3 heteroatoms. The van der Waals surface area contributed by atoms with Crippen molar-refractivity contribution in [1.29, 1.82) is 0 Å². The van der Waals surface area contributed by atoms with Gasteiger partial charge in [0.1, 0.15) is 0 Å². The molecule has 1 aliphatic carbocycles. The molecule has 0 aromatic carbocycles. The summed E-state index contributed by atoms with van der Waals surface area (Å²) in [7, 11) is 1.81. The lowest BCUT2D eigenvalue weighted by Gasteiger charge is -2.08. The van der Waals surface area contributed by atoms with Gasteiger partial charge in [-0.15, -0.1) is 12.4 Å². The van der Waals surface area contributed by atoms with E-state index in [9.17, 15) is 0 Å². The summed E-state index contributed by atoms with van der Waals surface area (Å²) in [4.78, 5) is 0. The Kier molecular flexibility index (Phi) is 2.93. The van der Waals surface area contributed by atoms with Crippen LogP contribution in [0.15, 0.2) is 11.1 Å². The molecule has 0 atom stereocenters. The second-order valence-electron chi connectivity index (χ2n) is 3.08. The monoisotopic (exact) mass is 175 g/mol. The third kappa shape index (κ3) is 1.58. The largest absolute Gasteiger partial charge is 0.381 e. The first-order chi connectivity index (χ1) is 4.90. The topological polar surface area (TPSA) is 21.3 Å². The van der Waals surface area contributed by atoms with Crippen molar-refractivity contribution < 1.29 is 4.74 Å². The number of hydrogen-bond donors (Lipinski definition) is 1. The van der Waals surface area contributed by atoms with E-state index in [4.69, 9.17) is 4.74 Å². The molecule has 0 radical (unpaired) electrons. The van der Waals surface area contributed by atoms with Gasteiger partial charge in [-0.1, -0.05) is 11.1 Å². The molecule has 11 heavy (non-hydrogen) atoms. The van der Waals surface area contributed by atoms with Crippen LogP contribution in [0.5, 0.6) is 0 Å². The van der Waals surface area contributed by atoms with Gasteiger partial charge in [0, 0.05) is 20.2 Å². The van der Waals surface area contributed by atoms with E-state index < -0.39 is 0 Å². The van der Waals surface area contributed by atoms with E-state index in [2.05, 4.69) is 5.32 Å². The number of methoxy groups -OCH3 is 1. The SMILES string of the molecule is COC1CC2=C(CNC2)C1.Cl. The van der Waals surface area contributed by atoms with Gasteiger partial charge >= 0.3 is 0 Å². The van der Waals surface area contributed by atoms with Crippen LogP contribution in [0.2, 0.25) is 0 Å². The van der Waals surface area contributed by atoms with E-state index in [1.165, 1.54) is 12.8 Å². The first-order valence-electron chi connectivity index (χ1n) is 3.83. The van der Waals surface area contributed by atoms with Crippen LogP contribution < -0.4 is 5.32 Å². The van der Waals surface area contributed by atoms with Gasteiger partial charge in [-0.2, -0.15) is 0 Å². The van der Waals surface area contributed by atoms with Gasteiger partial charge in [0.25, 0.3) is 0 Å². The summed E-state index contributed by atoms with van der Waals surface area (Å²) in [6.07, 6.45) is 2.82. The summed E-state index contributed by atoms with van der Waals surface area (Å²) in [6, 6.07) is 0. The van der Waals surface area contributed by atoms with Crippen molar-refractivity contribution >= 4 is 12.4 Å². The molecule has 0 amide bonds. The number of rotatable bonds is 1. The maximum Gasteiger partial charge on any atom is 0.0646 e. The van der Waals surface area contributed by atoms with E-state index in [-0.39, 0.29) is 12.4 Å². The first kappa shape index (κ1) is 9.04. The van der Waals surface area contributed by atoms with Crippen molar-refractivity contribution in [3.05, 3.63) is 11.1 Å². The Morgan fingerprint density at radius 3 is 2.27 bits per heavy atom. The molecule has 2 aliphatic rings. The van der Waals surface area contributed by atoms with Crippen LogP contribution in [-0.4, -0.2) is 26.3 Å². The van der Waals surface area contributed by atoms with Crippen molar-refractivity contribution in [2.24, 2.45) is 0 Å². The summed E-state index contributed by atoms with van der Waals surface area (Å²) >= 11 is 0. The van der Waals surface area contributed by atoms with Crippen molar-refractivity contribution in [1.82, 2.24) is 5.32 Å². The minimum atomic E-state index is 0. The van der Waals surface area contributed by atoms with Crippen molar-refractivity contribution in [2.75, 3.05) is 20.2 Å². The molecule has 1 heterocycles. The molecule has 2 nitrogen and oxygen atoms in total. The molecule has 0 saturated carbocycles. The molecule has 0 bridgehead atoms. The first-order valence-corrected chi connectivity index (χ1v) is 3.83. The average molecular weight is 176 g/mol. The average Bonchev–Trinajstić information content (AvgIpc) is 2.42. The summed E-state index contributed by atoms with van der Waals surface area (Å²) in [5.74, 6) is 0. The van der Waals surface area contributed by atoms with Crippen LogP contribution in [-0.2, 0) is 4.74 Å². The van der Waals surface area contributed by atoms with Crippen LogP contribution in [0.3, 0.4) is 0 Å². The molecule has 1 aliphatic heterocycles. The van der Waals surface area contributed by atoms with E-state index in [1.54, 1.807) is 18.3 Å². The van der Waals surface area contributed by atoms with Gasteiger partial charge in [0.2, 0.25) is 0 Å². The van der Waals surface area contributed by atoms with Crippen LogP contribution in [0, 0.1) is 0 Å². The summed E-state index contributed by atoms with van der Waals surface area (Å²) in [5.41, 5.74) is 3.21. The Hall–Kier alpha value is -0.0500. The highest BCUT2D eigenvalue weighted by Crippen LogP contribution is 2.29. The minimum Gasteiger partial charge on any atom is -0.381 e. The van der Waals surface area contributed by atoms with Gasteiger partial charge in [-0.3, -0.25) is 0 Å². The molecule has 0 aromatic heterocycles. The lowest BCUT2D eigenvalue weighted by atomic mass is 10.2. The number of nitrogens with one attached hydrogen (secondary N) is 1. The zero-order chi connectivity index (χ0) is 6.97. The molecule has 1 N–H and O–H groups in total. The van der Waals surface area contributed by atoms with Gasteiger partial charge in [0.05, 0.1) is 6.10 Å². The normalized spacial score (nSPS) is 23.7. The predicted molar refractivity (Wildman–Crippen MR) is 47.2 cm³/mol. The molecular weight excluding hydrogens is 162 g/mol. The van der Waals surface area contributed by atoms with E-state index >= 15 is 0 Å². The molecule has 2 rings (SSSR count). The van der Waals surface area contributed by atoms with Crippen LogP contribution in [0.25, 0.3) is 0 Å². The fourth-order valence-corrected chi connectivity index (χ4v) is 1.84. The zero-order valence-electron chi connectivity index (χ0n) is 6.72. The maximum atomic E-state index is 5.28. The third-order valence-electron chi connectivity index (χ3n) is 2.46. The summed E-state index contributed by atoms with van der Waals surface area (Å²) in [5, 5.41) is 3.34. The smallest absolute Gasteiger partial charge is 0.0646 e. The number of ether oxygens (including phenoxy) is 1. The fourth-order valence-electron chi connectivity index (χ4n) is 1.84. The lowest BCUT2D eigenvalue weighted by molar-refractivity contribution is 0.110. The fraction of sp³-hybridized carbons (Fsp3) is 0.750. The zero-order valence-corrected chi connectivity index (χ0v) is 7.54. The number of hydrogen-bond acceptors (Lipinski definition) is 2. The molecule has 0 fully saturated rings. The van der Waals surface area contributed by atoms with Gasteiger partial charge in [-0.05, 0) is 12.8 Å². The molecule has 0 saturated heterocycles. The molecule has 0 spiro atoms. The second-order valence-corrected chi connectivity index (χ2v) is 3.08. The third-order valence-corrected chi connectivity index (χ3v) is 2.46. The van der Waals surface area contributed by atoms with Gasteiger partial charge < -0.3 is 10.1 Å². The molecule has 0 aromatic rings. The summed E-state index contributed by atoms with van der Waals surface area (Å²) < 4.78 is 5.28. The minimum absolute atomic E-state index is 0. The van der Waals surface area contributed by atoms with Crippen LogP contribution in [0.1, 0.15) is 12.8 Å². The Labute approximate surface area is 73.4 Å². The highest BCUT2D eigenvalue weighted by molar-refractivity contribution is 5.85. The van der Waals surface area contributed by atoms with Crippen LogP contribution in [0.4, 0.5) is 0 Å². The maximum absolute atomic E-state index is 5.28. The Balaban J connectivity index is 0.000000605. The van der Waals surface area contributed by atoms with Crippen molar-refractivity contribution in [3.8, 4) is 0 Å². The van der Waals surface area contributed by atoms with Crippen LogP contribution >= 0.6 is 12.4 Å². The van der Waals surface area contributed by atoms with Gasteiger partial charge in [-0.25, -0.2) is 0 Å². The van der Waals surface area contributed by atoms with Gasteiger partial charge in [0.15, 0.2) is 0 Å². The quantitative estimate of drug-likeness (QED) is 0.603. The summed E-state index contributed by atoms with van der Waals surface area (Å²) in [6.45, 7) is 2.21. The molecule has 0 unspecified atom stereocenters. The molecular formula is C8H14ClNO. The lowest BCUT2D eigenvalue weighted by Crippen LogP contribution is -2.16. The highest BCUT2D eigenvalue weighted by atomic mass is 35.5.